The minimum absolute atomic E-state index is 0.252. The zero-order valence-electron chi connectivity index (χ0n) is 12.1. The molecule has 0 saturated heterocycles. The number of thioether (sulfide) groups is 1. The van der Waals surface area contributed by atoms with Crippen molar-refractivity contribution >= 4 is 11.8 Å². The highest BCUT2D eigenvalue weighted by Gasteiger charge is 2.24. The van der Waals surface area contributed by atoms with Crippen LogP contribution in [0.2, 0.25) is 0 Å². The lowest BCUT2D eigenvalue weighted by Gasteiger charge is -2.29. The van der Waals surface area contributed by atoms with Crippen LogP contribution in [0.4, 0.5) is 0 Å². The number of nitrogens with zero attached hydrogens (tertiary/aromatic N) is 1. The number of aromatic nitrogens is 1. The second-order valence-corrected chi connectivity index (χ2v) is 6.49. The summed E-state index contributed by atoms with van der Waals surface area (Å²) in [4.78, 5) is 1.40. The lowest BCUT2D eigenvalue weighted by atomic mass is 10.00. The Morgan fingerprint density at radius 3 is 2.90 bits per heavy atom. The minimum Gasteiger partial charge on any atom is -0.361 e. The topological polar surface area (TPSA) is 38.1 Å². The van der Waals surface area contributed by atoms with E-state index in [9.17, 15) is 0 Å². The van der Waals surface area contributed by atoms with E-state index in [4.69, 9.17) is 4.52 Å². The molecule has 3 nitrogen and oxygen atoms in total. The van der Waals surface area contributed by atoms with Crippen molar-refractivity contribution in [3.8, 4) is 0 Å². The average Bonchev–Trinajstić information content (AvgIpc) is 2.78. The Bertz CT molecular complexity index is 589. The predicted octanol–water partition coefficient (Wildman–Crippen LogP) is 4.18. The van der Waals surface area contributed by atoms with Crippen molar-refractivity contribution in [1.29, 1.82) is 0 Å². The molecule has 0 aliphatic carbocycles. The van der Waals surface area contributed by atoms with Gasteiger partial charge in [0.15, 0.2) is 0 Å². The lowest BCUT2D eigenvalue weighted by molar-refractivity contribution is 0.388. The predicted molar refractivity (Wildman–Crippen MR) is 82.1 cm³/mol. The molecule has 0 fully saturated rings. The Balaban J connectivity index is 1.82. The third-order valence-corrected chi connectivity index (χ3v) is 5.05. The van der Waals surface area contributed by atoms with Crippen LogP contribution >= 0.6 is 11.8 Å². The number of hydrogen-bond acceptors (Lipinski definition) is 4. The summed E-state index contributed by atoms with van der Waals surface area (Å²) >= 11 is 1.95. The van der Waals surface area contributed by atoms with Gasteiger partial charge in [0.1, 0.15) is 5.76 Å². The summed E-state index contributed by atoms with van der Waals surface area (Å²) < 4.78 is 5.28. The average molecular weight is 288 g/mol. The zero-order chi connectivity index (χ0) is 14.1. The maximum atomic E-state index is 5.28. The van der Waals surface area contributed by atoms with E-state index < -0.39 is 0 Å². The second-order valence-electron chi connectivity index (χ2n) is 5.35. The molecule has 1 aliphatic heterocycles. The van der Waals surface area contributed by atoms with Crippen molar-refractivity contribution in [2.45, 2.75) is 44.2 Å². The van der Waals surface area contributed by atoms with Crippen LogP contribution in [-0.4, -0.2) is 10.9 Å². The molecule has 1 aromatic carbocycles. The van der Waals surface area contributed by atoms with E-state index >= 15 is 0 Å². The summed E-state index contributed by atoms with van der Waals surface area (Å²) in [5.74, 6) is 2.09. The first-order chi connectivity index (χ1) is 9.66. The molecule has 106 valence electrons. The van der Waals surface area contributed by atoms with E-state index in [1.807, 2.05) is 25.6 Å². The fourth-order valence-corrected chi connectivity index (χ4v) is 4.13. The number of aryl methyl sites for hydroxylation is 2. The standard InChI is InChI=1S/C16H20N2OS/c1-10(16-11(2)18-19-12(16)3)17-14-8-9-20-15-7-5-4-6-13(14)15/h4-7,10,14,17H,8-9H2,1-3H3. The molecular formula is C16H20N2OS. The second kappa shape index (κ2) is 5.62. The molecule has 2 aromatic rings. The van der Waals surface area contributed by atoms with Gasteiger partial charge in [0.2, 0.25) is 0 Å². The van der Waals surface area contributed by atoms with Gasteiger partial charge in [-0.05, 0) is 44.6 Å². The summed E-state index contributed by atoms with van der Waals surface area (Å²) in [6, 6.07) is 9.36. The number of hydrogen-bond donors (Lipinski definition) is 1. The van der Waals surface area contributed by atoms with Crippen molar-refractivity contribution < 1.29 is 4.52 Å². The van der Waals surface area contributed by atoms with Crippen LogP contribution in [0.25, 0.3) is 0 Å². The summed E-state index contributed by atoms with van der Waals surface area (Å²) in [5.41, 5.74) is 3.60. The molecular weight excluding hydrogens is 268 g/mol. The van der Waals surface area contributed by atoms with Crippen molar-refractivity contribution in [1.82, 2.24) is 10.5 Å². The van der Waals surface area contributed by atoms with Crippen molar-refractivity contribution in [3.05, 3.63) is 46.8 Å². The van der Waals surface area contributed by atoms with Crippen molar-refractivity contribution in [2.24, 2.45) is 0 Å². The van der Waals surface area contributed by atoms with E-state index in [2.05, 4.69) is 41.7 Å². The Morgan fingerprint density at radius 2 is 2.15 bits per heavy atom. The lowest BCUT2D eigenvalue weighted by Crippen LogP contribution is -2.27. The van der Waals surface area contributed by atoms with E-state index in [1.165, 1.54) is 21.8 Å². The van der Waals surface area contributed by atoms with Gasteiger partial charge in [0.05, 0.1) is 5.69 Å². The van der Waals surface area contributed by atoms with Crippen LogP contribution in [0, 0.1) is 13.8 Å². The van der Waals surface area contributed by atoms with Gasteiger partial charge in [-0.15, -0.1) is 11.8 Å². The van der Waals surface area contributed by atoms with E-state index in [0.29, 0.717) is 6.04 Å². The van der Waals surface area contributed by atoms with Gasteiger partial charge in [-0.25, -0.2) is 0 Å². The third-order valence-electron chi connectivity index (χ3n) is 3.93. The first-order valence-electron chi connectivity index (χ1n) is 7.07. The Labute approximate surface area is 124 Å². The molecule has 0 radical (unpaired) electrons. The first-order valence-corrected chi connectivity index (χ1v) is 8.06. The highest BCUT2D eigenvalue weighted by molar-refractivity contribution is 7.99. The summed E-state index contributed by atoms with van der Waals surface area (Å²) in [6.45, 7) is 6.18. The van der Waals surface area contributed by atoms with Gasteiger partial charge < -0.3 is 9.84 Å². The van der Waals surface area contributed by atoms with Crippen LogP contribution < -0.4 is 5.32 Å². The van der Waals surface area contributed by atoms with Gasteiger partial charge in [-0.1, -0.05) is 23.4 Å². The van der Waals surface area contributed by atoms with Crippen LogP contribution in [0.15, 0.2) is 33.7 Å². The van der Waals surface area contributed by atoms with E-state index in [0.717, 1.165) is 17.9 Å². The summed E-state index contributed by atoms with van der Waals surface area (Å²) in [5, 5.41) is 7.80. The smallest absolute Gasteiger partial charge is 0.138 e. The summed E-state index contributed by atoms with van der Waals surface area (Å²) in [7, 11) is 0. The molecule has 0 spiro atoms. The molecule has 2 unspecified atom stereocenters. The number of fused-ring (bicyclic) bond motifs is 1. The highest BCUT2D eigenvalue weighted by Crippen LogP contribution is 2.37. The molecule has 1 N–H and O–H groups in total. The van der Waals surface area contributed by atoms with Crippen LogP contribution in [-0.2, 0) is 0 Å². The van der Waals surface area contributed by atoms with Crippen molar-refractivity contribution in [3.63, 3.8) is 0 Å². The Kier molecular flexibility index (Phi) is 3.85. The fraction of sp³-hybridized carbons (Fsp3) is 0.438. The molecule has 1 aromatic heterocycles. The molecule has 0 saturated carbocycles. The Hall–Kier alpha value is -1.26. The molecule has 1 aliphatic rings. The van der Waals surface area contributed by atoms with Gasteiger partial charge in [-0.3, -0.25) is 0 Å². The molecule has 2 heterocycles. The third kappa shape index (κ3) is 2.50. The largest absolute Gasteiger partial charge is 0.361 e. The molecule has 0 bridgehead atoms. The number of rotatable bonds is 3. The quantitative estimate of drug-likeness (QED) is 0.919. The van der Waals surface area contributed by atoms with Gasteiger partial charge in [-0.2, -0.15) is 0 Å². The molecule has 3 rings (SSSR count). The fourth-order valence-electron chi connectivity index (χ4n) is 3.01. The minimum atomic E-state index is 0.252. The molecule has 20 heavy (non-hydrogen) atoms. The van der Waals surface area contributed by atoms with Gasteiger partial charge in [0.25, 0.3) is 0 Å². The maximum absolute atomic E-state index is 5.28. The van der Waals surface area contributed by atoms with Crippen molar-refractivity contribution in [2.75, 3.05) is 5.75 Å². The normalized spacial score (nSPS) is 19.6. The molecule has 2 atom stereocenters. The van der Waals surface area contributed by atoms with Crippen LogP contribution in [0.5, 0.6) is 0 Å². The zero-order valence-corrected chi connectivity index (χ0v) is 13.0. The number of nitrogens with one attached hydrogen (secondary N) is 1. The van der Waals surface area contributed by atoms with Crippen LogP contribution in [0.1, 0.15) is 48.0 Å². The maximum Gasteiger partial charge on any atom is 0.138 e. The molecule has 4 heteroatoms. The monoisotopic (exact) mass is 288 g/mol. The van der Waals surface area contributed by atoms with Gasteiger partial charge in [0, 0.05) is 22.5 Å². The van der Waals surface area contributed by atoms with E-state index in [-0.39, 0.29) is 6.04 Å². The number of benzene rings is 1. The van der Waals surface area contributed by atoms with Gasteiger partial charge >= 0.3 is 0 Å². The first kappa shape index (κ1) is 13.7. The SMILES string of the molecule is Cc1noc(C)c1C(C)NC1CCSc2ccccc21. The van der Waals surface area contributed by atoms with Crippen LogP contribution in [0.3, 0.4) is 0 Å². The molecule has 0 amide bonds. The Morgan fingerprint density at radius 1 is 1.35 bits per heavy atom. The van der Waals surface area contributed by atoms with E-state index in [1.54, 1.807) is 0 Å². The summed E-state index contributed by atoms with van der Waals surface area (Å²) in [6.07, 6.45) is 1.16. The highest BCUT2D eigenvalue weighted by atomic mass is 32.2.